The number of likely N-dealkylation sites (tertiary alicyclic amines) is 1. The van der Waals surface area contributed by atoms with E-state index >= 15 is 0 Å². The number of aromatic nitrogens is 2. The summed E-state index contributed by atoms with van der Waals surface area (Å²) in [7, 11) is 1.55. The fourth-order valence-corrected chi connectivity index (χ4v) is 4.92. The van der Waals surface area contributed by atoms with Gasteiger partial charge in [0.15, 0.2) is 0 Å². The van der Waals surface area contributed by atoms with Gasteiger partial charge in [-0.2, -0.15) is 0 Å². The number of methoxy groups -OCH3 is 1. The molecule has 1 fully saturated rings. The molecule has 1 aliphatic carbocycles. The van der Waals surface area contributed by atoms with E-state index in [2.05, 4.69) is 22.1 Å². The summed E-state index contributed by atoms with van der Waals surface area (Å²) >= 11 is 0. The van der Waals surface area contributed by atoms with E-state index in [1.807, 2.05) is 9.80 Å². The lowest BCUT2D eigenvalue weighted by Crippen LogP contribution is -2.59. The van der Waals surface area contributed by atoms with Gasteiger partial charge in [-0.1, -0.05) is 12.2 Å². The summed E-state index contributed by atoms with van der Waals surface area (Å²) in [6, 6.07) is 0. The van der Waals surface area contributed by atoms with Gasteiger partial charge in [0.1, 0.15) is 6.61 Å². The topological polar surface area (TPSA) is 78.5 Å². The molecule has 1 aromatic rings. The van der Waals surface area contributed by atoms with Crippen molar-refractivity contribution in [2.45, 2.75) is 44.1 Å². The van der Waals surface area contributed by atoms with Crippen molar-refractivity contribution in [3.8, 4) is 0 Å². The Balaban J connectivity index is 1.54. The minimum Gasteiger partial charge on any atom is -0.375 e. The first-order chi connectivity index (χ1) is 13.2. The fraction of sp³-hybridized carbons (Fsp3) is 0.650. The first-order valence-electron chi connectivity index (χ1n) is 9.91. The van der Waals surface area contributed by atoms with Crippen LogP contribution < -0.4 is 0 Å². The molecule has 0 saturated carbocycles. The van der Waals surface area contributed by atoms with E-state index in [9.17, 15) is 9.59 Å². The lowest BCUT2D eigenvalue weighted by atomic mass is 9.78. The van der Waals surface area contributed by atoms with Crippen LogP contribution in [0.15, 0.2) is 18.5 Å². The van der Waals surface area contributed by atoms with E-state index in [-0.39, 0.29) is 24.3 Å². The van der Waals surface area contributed by atoms with Crippen LogP contribution in [0.4, 0.5) is 0 Å². The molecule has 1 saturated heterocycles. The maximum absolute atomic E-state index is 12.9. The van der Waals surface area contributed by atoms with Crippen molar-refractivity contribution in [1.82, 2.24) is 19.8 Å². The number of ether oxygens (including phenoxy) is 1. The molecule has 1 aromatic heterocycles. The number of piperidine rings is 1. The number of imidazole rings is 1. The molecular weight excluding hydrogens is 344 g/mol. The Labute approximate surface area is 159 Å². The fourth-order valence-electron chi connectivity index (χ4n) is 4.92. The van der Waals surface area contributed by atoms with Crippen molar-refractivity contribution < 1.29 is 14.3 Å². The quantitative estimate of drug-likeness (QED) is 0.818. The van der Waals surface area contributed by atoms with Crippen LogP contribution in [0.3, 0.4) is 0 Å². The molecule has 2 amide bonds. The number of nitrogens with one attached hydrogen (secondary N) is 1. The van der Waals surface area contributed by atoms with Gasteiger partial charge in [0.2, 0.25) is 11.8 Å². The van der Waals surface area contributed by atoms with Gasteiger partial charge in [-0.25, -0.2) is 4.98 Å². The van der Waals surface area contributed by atoms with E-state index in [4.69, 9.17) is 4.74 Å². The molecular formula is C20H28N4O3. The third kappa shape index (κ3) is 3.18. The standard InChI is InChI=1S/C20H28N4O3/c1-27-13-17(25)24-10-7-16-18(22-14-21-16)20(24)8-11-23(12-9-20)19(26)15-5-3-2-4-6-15/h2-3,14-15H,4-13H2,1H3,(H,21,22)/t15-/m0/s1. The second-order valence-corrected chi connectivity index (χ2v) is 7.80. The molecule has 1 spiro atoms. The van der Waals surface area contributed by atoms with Crippen LogP contribution in [-0.4, -0.2) is 64.9 Å². The Morgan fingerprint density at radius 1 is 1.30 bits per heavy atom. The number of allylic oxidation sites excluding steroid dienone is 2. The maximum Gasteiger partial charge on any atom is 0.249 e. The molecule has 7 heteroatoms. The van der Waals surface area contributed by atoms with E-state index in [1.54, 1.807) is 13.4 Å². The molecule has 3 aliphatic rings. The van der Waals surface area contributed by atoms with E-state index in [0.29, 0.717) is 19.6 Å². The minimum absolute atomic E-state index is 0.00310. The van der Waals surface area contributed by atoms with Gasteiger partial charge < -0.3 is 19.5 Å². The number of fused-ring (bicyclic) bond motifs is 2. The highest BCUT2D eigenvalue weighted by atomic mass is 16.5. The molecule has 0 aromatic carbocycles. The highest BCUT2D eigenvalue weighted by Crippen LogP contribution is 2.42. The Bertz CT molecular complexity index is 733. The predicted molar refractivity (Wildman–Crippen MR) is 99.9 cm³/mol. The molecule has 7 nitrogen and oxygen atoms in total. The van der Waals surface area contributed by atoms with Crippen LogP contribution in [0.1, 0.15) is 43.5 Å². The van der Waals surface area contributed by atoms with Crippen molar-refractivity contribution in [3.63, 3.8) is 0 Å². The minimum atomic E-state index is -0.424. The van der Waals surface area contributed by atoms with Gasteiger partial charge in [0.05, 0.1) is 17.6 Å². The zero-order valence-electron chi connectivity index (χ0n) is 15.9. The lowest BCUT2D eigenvalue weighted by molar-refractivity contribution is -0.148. The Hall–Kier alpha value is -2.15. The third-order valence-corrected chi connectivity index (χ3v) is 6.35. The summed E-state index contributed by atoms with van der Waals surface area (Å²) in [6.45, 7) is 2.08. The predicted octanol–water partition coefficient (Wildman–Crippen LogP) is 1.61. The summed E-state index contributed by atoms with van der Waals surface area (Å²) in [5.41, 5.74) is 1.67. The number of hydrogen-bond donors (Lipinski definition) is 1. The van der Waals surface area contributed by atoms with Crippen LogP contribution in [-0.2, 0) is 26.3 Å². The average Bonchev–Trinajstić information content (AvgIpc) is 3.19. The van der Waals surface area contributed by atoms with E-state index < -0.39 is 5.54 Å². The summed E-state index contributed by atoms with van der Waals surface area (Å²) < 4.78 is 5.11. The Kier molecular flexibility index (Phi) is 5.04. The number of carbonyl (C=O) groups excluding carboxylic acids is 2. The van der Waals surface area contributed by atoms with Crippen LogP contribution in [0.5, 0.6) is 0 Å². The number of amides is 2. The summed E-state index contributed by atoms with van der Waals surface area (Å²) in [5, 5.41) is 0. The molecule has 2 aliphatic heterocycles. The second kappa shape index (κ2) is 7.46. The first-order valence-corrected chi connectivity index (χ1v) is 9.91. The highest BCUT2D eigenvalue weighted by Gasteiger charge is 2.49. The Morgan fingerprint density at radius 2 is 2.11 bits per heavy atom. The lowest BCUT2D eigenvalue weighted by Gasteiger charge is -2.50. The molecule has 1 atom stereocenters. The smallest absolute Gasteiger partial charge is 0.249 e. The summed E-state index contributed by atoms with van der Waals surface area (Å²) in [4.78, 5) is 37.4. The molecule has 0 radical (unpaired) electrons. The average molecular weight is 372 g/mol. The normalized spacial score (nSPS) is 24.1. The van der Waals surface area contributed by atoms with Gasteiger partial charge in [-0.3, -0.25) is 9.59 Å². The summed E-state index contributed by atoms with van der Waals surface area (Å²) in [5.74, 6) is 0.382. The van der Waals surface area contributed by atoms with Crippen molar-refractivity contribution >= 4 is 11.8 Å². The number of H-pyrrole nitrogens is 1. The molecule has 146 valence electrons. The van der Waals surface area contributed by atoms with Crippen molar-refractivity contribution in [2.24, 2.45) is 5.92 Å². The van der Waals surface area contributed by atoms with Gasteiger partial charge in [-0.15, -0.1) is 0 Å². The van der Waals surface area contributed by atoms with Gasteiger partial charge in [-0.05, 0) is 32.1 Å². The number of aromatic amines is 1. The van der Waals surface area contributed by atoms with Crippen molar-refractivity contribution in [1.29, 1.82) is 0 Å². The Morgan fingerprint density at radius 3 is 2.81 bits per heavy atom. The van der Waals surface area contributed by atoms with Gasteiger partial charge >= 0.3 is 0 Å². The molecule has 0 unspecified atom stereocenters. The highest BCUT2D eigenvalue weighted by molar-refractivity contribution is 5.80. The zero-order valence-corrected chi connectivity index (χ0v) is 15.9. The van der Waals surface area contributed by atoms with E-state index in [1.165, 1.54) is 0 Å². The maximum atomic E-state index is 12.9. The largest absolute Gasteiger partial charge is 0.375 e. The van der Waals surface area contributed by atoms with Crippen LogP contribution in [0, 0.1) is 5.92 Å². The zero-order chi connectivity index (χ0) is 18.9. The second-order valence-electron chi connectivity index (χ2n) is 7.80. The van der Waals surface area contributed by atoms with Crippen molar-refractivity contribution in [2.75, 3.05) is 33.4 Å². The number of hydrogen-bond acceptors (Lipinski definition) is 4. The number of rotatable bonds is 3. The molecule has 1 N–H and O–H groups in total. The molecule has 0 bridgehead atoms. The van der Waals surface area contributed by atoms with Crippen LogP contribution in [0.25, 0.3) is 0 Å². The van der Waals surface area contributed by atoms with Crippen molar-refractivity contribution in [3.05, 3.63) is 29.9 Å². The number of carbonyl (C=O) groups is 2. The monoisotopic (exact) mass is 372 g/mol. The summed E-state index contributed by atoms with van der Waals surface area (Å²) in [6.07, 6.45) is 11.0. The number of nitrogens with zero attached hydrogens (tertiary/aromatic N) is 3. The van der Waals surface area contributed by atoms with E-state index in [0.717, 1.165) is 49.9 Å². The van der Waals surface area contributed by atoms with Gasteiger partial charge in [0, 0.05) is 44.8 Å². The first kappa shape index (κ1) is 18.2. The SMILES string of the molecule is COCC(=O)N1CCc2[nH]cnc2C12CCN(C(=O)[C@H]1CC=CCC1)CC2. The van der Waals surface area contributed by atoms with Crippen LogP contribution in [0.2, 0.25) is 0 Å². The molecule has 3 heterocycles. The molecule has 4 rings (SSSR count). The van der Waals surface area contributed by atoms with Crippen LogP contribution >= 0.6 is 0 Å². The molecule has 27 heavy (non-hydrogen) atoms. The third-order valence-electron chi connectivity index (χ3n) is 6.35. The van der Waals surface area contributed by atoms with Gasteiger partial charge in [0.25, 0.3) is 0 Å².